The van der Waals surface area contributed by atoms with Gasteiger partial charge in [-0.05, 0) is 80.0 Å². The maximum Gasteiger partial charge on any atom is 0.186 e. The smallest absolute Gasteiger partial charge is 0.186 e. The molecule has 0 unspecified atom stereocenters. The van der Waals surface area contributed by atoms with Gasteiger partial charge in [-0.2, -0.15) is 0 Å². The minimum absolute atomic E-state index is 0.0242. The highest BCUT2D eigenvalue weighted by Crippen LogP contribution is 2.72. The highest BCUT2D eigenvalue weighted by Gasteiger charge is 2.68. The van der Waals surface area contributed by atoms with Crippen LogP contribution in [0.2, 0.25) is 0 Å². The van der Waals surface area contributed by atoms with Crippen molar-refractivity contribution in [2.45, 2.75) is 115 Å². The Morgan fingerprint density at radius 3 is 2.38 bits per heavy atom. The predicted octanol–water partition coefficient (Wildman–Crippen LogP) is 0.938. The summed E-state index contributed by atoms with van der Waals surface area (Å²) in [6.45, 7) is 6.41. The molecule has 34 heavy (non-hydrogen) atoms. The van der Waals surface area contributed by atoms with E-state index >= 15 is 0 Å². The molecule has 8 heteroatoms. The quantitative estimate of drug-likeness (QED) is 0.346. The lowest BCUT2D eigenvalue weighted by molar-refractivity contribution is -0.310. The van der Waals surface area contributed by atoms with Crippen LogP contribution in [0.5, 0.6) is 0 Å². The summed E-state index contributed by atoms with van der Waals surface area (Å²) < 4.78 is 11.7. The van der Waals surface area contributed by atoms with Crippen molar-refractivity contribution in [3.05, 3.63) is 0 Å². The summed E-state index contributed by atoms with van der Waals surface area (Å²) in [7, 11) is 0. The van der Waals surface area contributed by atoms with Crippen LogP contribution in [-0.2, 0) is 9.47 Å². The lowest BCUT2D eigenvalue weighted by atomic mass is 9.41. The van der Waals surface area contributed by atoms with Gasteiger partial charge in [0, 0.05) is 5.92 Å². The van der Waals surface area contributed by atoms with Gasteiger partial charge in [-0.3, -0.25) is 0 Å². The first kappa shape index (κ1) is 25.3. The van der Waals surface area contributed by atoms with Gasteiger partial charge in [0.15, 0.2) is 6.29 Å². The Morgan fingerprint density at radius 1 is 0.941 bits per heavy atom. The third-order valence-electron chi connectivity index (χ3n) is 11.1. The van der Waals surface area contributed by atoms with Crippen molar-refractivity contribution in [1.82, 2.24) is 0 Å². The third-order valence-corrected chi connectivity index (χ3v) is 11.1. The summed E-state index contributed by atoms with van der Waals surface area (Å²) in [5, 5.41) is 62.2. The molecule has 0 aromatic carbocycles. The minimum atomic E-state index is -1.44. The Hall–Kier alpha value is -0.320. The van der Waals surface area contributed by atoms with Crippen LogP contribution in [0.1, 0.15) is 72.1 Å². The molecule has 5 aliphatic rings. The lowest BCUT2D eigenvalue weighted by Gasteiger charge is -2.64. The van der Waals surface area contributed by atoms with E-state index in [9.17, 15) is 30.6 Å². The van der Waals surface area contributed by atoms with E-state index in [-0.39, 0.29) is 22.2 Å². The molecule has 1 saturated heterocycles. The van der Waals surface area contributed by atoms with Crippen LogP contribution < -0.4 is 0 Å². The molecule has 13 atom stereocenters. The lowest BCUT2D eigenvalue weighted by Crippen LogP contribution is -2.61. The molecule has 5 rings (SSSR count). The van der Waals surface area contributed by atoms with Crippen molar-refractivity contribution in [3.8, 4) is 0 Å². The van der Waals surface area contributed by atoms with E-state index in [0.717, 1.165) is 51.4 Å². The molecule has 4 aliphatic carbocycles. The fourth-order valence-corrected chi connectivity index (χ4v) is 9.57. The fourth-order valence-electron chi connectivity index (χ4n) is 9.57. The first-order chi connectivity index (χ1) is 15.9. The summed E-state index contributed by atoms with van der Waals surface area (Å²) in [5.41, 5.74) is -0.858. The van der Waals surface area contributed by atoms with E-state index in [0.29, 0.717) is 18.4 Å². The Morgan fingerprint density at radius 2 is 1.68 bits per heavy atom. The second kappa shape index (κ2) is 8.35. The van der Waals surface area contributed by atoms with E-state index < -0.39 is 49.0 Å². The minimum Gasteiger partial charge on any atom is -0.394 e. The Kier molecular flexibility index (Phi) is 6.22. The molecule has 5 fully saturated rings. The Labute approximate surface area is 202 Å². The van der Waals surface area contributed by atoms with Gasteiger partial charge in [-0.1, -0.05) is 20.3 Å². The van der Waals surface area contributed by atoms with Crippen molar-refractivity contribution < 1.29 is 40.1 Å². The number of ether oxygens (including phenoxy) is 2. The zero-order valence-corrected chi connectivity index (χ0v) is 20.8. The topological polar surface area (TPSA) is 140 Å². The highest BCUT2D eigenvalue weighted by molar-refractivity contribution is 5.18. The largest absolute Gasteiger partial charge is 0.394 e. The predicted molar refractivity (Wildman–Crippen MR) is 122 cm³/mol. The number of hydrogen-bond acceptors (Lipinski definition) is 8. The van der Waals surface area contributed by atoms with Crippen LogP contribution in [0.4, 0.5) is 0 Å². The third kappa shape index (κ3) is 3.63. The molecular formula is C26H44O8. The second-order valence-corrected chi connectivity index (χ2v) is 13.2. The summed E-state index contributed by atoms with van der Waals surface area (Å²) in [4.78, 5) is 0. The maximum atomic E-state index is 11.1. The van der Waals surface area contributed by atoms with E-state index in [1.807, 2.05) is 6.92 Å². The van der Waals surface area contributed by atoms with Gasteiger partial charge in [0.1, 0.15) is 24.4 Å². The molecule has 1 spiro atoms. The molecule has 6 N–H and O–H groups in total. The average Bonchev–Trinajstić information content (AvgIpc) is 3.00. The van der Waals surface area contributed by atoms with Gasteiger partial charge in [-0.15, -0.1) is 0 Å². The van der Waals surface area contributed by atoms with Crippen LogP contribution in [0.25, 0.3) is 0 Å². The summed E-state index contributed by atoms with van der Waals surface area (Å²) >= 11 is 0. The second-order valence-electron chi connectivity index (χ2n) is 13.2. The highest BCUT2D eigenvalue weighted by atomic mass is 16.7. The molecule has 0 radical (unpaired) electrons. The molecule has 196 valence electrons. The number of aliphatic hydroxyl groups excluding tert-OH is 5. The van der Waals surface area contributed by atoms with Crippen molar-refractivity contribution >= 4 is 0 Å². The SMILES string of the molecule is C[C@@]1(CO[C@@H]2O[C@H](CO)[C@@H](O)[C@H](O)[C@H]2O)CCC[C@]2(C)[C@@H]1CC[C@@]13C[C@@H]([C@H](O)C[C@H]12)[C@](C)(O)C3. The van der Waals surface area contributed by atoms with Crippen LogP contribution in [0, 0.1) is 34.0 Å². The standard InChI is InChI=1S/C26H44O8/c1-23(13-33-22-21(31)20(30)19(29)16(11-27)34-22)6-4-7-24(2)17(23)5-8-26-10-14(25(3,32)12-26)15(28)9-18(24)26/h14-22,27-32H,4-13H2,1-3H3/t14-,15+,16+,17+,18-,19+,20-,21+,22+,23-,24+,25+,26-/m0/s1. The average molecular weight is 485 g/mol. The van der Waals surface area contributed by atoms with Crippen LogP contribution in [0.3, 0.4) is 0 Å². The van der Waals surface area contributed by atoms with Crippen LogP contribution >= 0.6 is 0 Å². The normalized spacial score (nSPS) is 59.4. The van der Waals surface area contributed by atoms with Gasteiger partial charge in [0.25, 0.3) is 0 Å². The molecule has 1 aliphatic heterocycles. The molecule has 1 heterocycles. The molecule has 2 bridgehead atoms. The van der Waals surface area contributed by atoms with Crippen molar-refractivity contribution in [3.63, 3.8) is 0 Å². The molecule has 0 aromatic rings. The van der Waals surface area contributed by atoms with E-state index in [2.05, 4.69) is 13.8 Å². The molecule has 8 nitrogen and oxygen atoms in total. The van der Waals surface area contributed by atoms with Crippen LogP contribution in [0.15, 0.2) is 0 Å². The fraction of sp³-hybridized carbons (Fsp3) is 1.00. The van der Waals surface area contributed by atoms with Gasteiger partial charge in [-0.25, -0.2) is 0 Å². The summed E-state index contributed by atoms with van der Waals surface area (Å²) in [5.74, 6) is 0.683. The van der Waals surface area contributed by atoms with Gasteiger partial charge in [0.05, 0.1) is 24.9 Å². The number of hydrogen-bond donors (Lipinski definition) is 6. The molecule has 0 aromatic heterocycles. The van der Waals surface area contributed by atoms with E-state index in [4.69, 9.17) is 9.47 Å². The van der Waals surface area contributed by atoms with Crippen molar-refractivity contribution in [1.29, 1.82) is 0 Å². The van der Waals surface area contributed by atoms with Crippen molar-refractivity contribution in [2.24, 2.45) is 34.0 Å². The molecular weight excluding hydrogens is 440 g/mol. The Bertz CT molecular complexity index is 774. The number of fused-ring (bicyclic) bond motifs is 3. The molecule has 4 saturated carbocycles. The van der Waals surface area contributed by atoms with E-state index in [1.165, 1.54) is 0 Å². The summed E-state index contributed by atoms with van der Waals surface area (Å²) in [6.07, 6.45) is 0.851. The number of rotatable bonds is 4. The van der Waals surface area contributed by atoms with Crippen molar-refractivity contribution in [2.75, 3.05) is 13.2 Å². The monoisotopic (exact) mass is 484 g/mol. The zero-order chi connectivity index (χ0) is 24.7. The summed E-state index contributed by atoms with van der Waals surface area (Å²) in [6, 6.07) is 0. The first-order valence-electron chi connectivity index (χ1n) is 13.2. The van der Waals surface area contributed by atoms with Gasteiger partial charge < -0.3 is 40.1 Å². The van der Waals surface area contributed by atoms with Gasteiger partial charge >= 0.3 is 0 Å². The van der Waals surface area contributed by atoms with E-state index in [1.54, 1.807) is 0 Å². The molecule has 0 amide bonds. The number of aliphatic hydroxyl groups is 6. The maximum absolute atomic E-state index is 11.1. The Balaban J connectivity index is 1.35. The van der Waals surface area contributed by atoms with Gasteiger partial charge in [0.2, 0.25) is 0 Å². The zero-order valence-electron chi connectivity index (χ0n) is 20.8. The van der Waals surface area contributed by atoms with Crippen LogP contribution in [-0.4, -0.2) is 86.3 Å². The first-order valence-corrected chi connectivity index (χ1v) is 13.2.